The van der Waals surface area contributed by atoms with Crippen molar-refractivity contribution in [3.05, 3.63) is 143 Å². The van der Waals surface area contributed by atoms with Crippen LogP contribution in [0.3, 0.4) is 0 Å². The maximum atomic E-state index is 12.5. The van der Waals surface area contributed by atoms with Crippen LogP contribution in [0.4, 0.5) is 0 Å². The van der Waals surface area contributed by atoms with Crippen LogP contribution in [0.5, 0.6) is 0 Å². The first-order chi connectivity index (χ1) is 16.8. The first kappa shape index (κ1) is 22.3. The third kappa shape index (κ3) is 5.18. The summed E-state index contributed by atoms with van der Waals surface area (Å²) in [5.41, 5.74) is -0.190. The van der Waals surface area contributed by atoms with E-state index in [1.54, 1.807) is 0 Å². The van der Waals surface area contributed by atoms with E-state index in [9.17, 15) is 4.79 Å². The third-order valence-corrected chi connectivity index (χ3v) is 9.89. The van der Waals surface area contributed by atoms with Gasteiger partial charge < -0.3 is 9.97 Å². The fourth-order valence-corrected chi connectivity index (χ4v) is 7.91. The van der Waals surface area contributed by atoms with Gasteiger partial charge in [-0.05, 0) is 48.7 Å². The van der Waals surface area contributed by atoms with Crippen LogP contribution < -0.4 is 37.6 Å². The number of aromatic nitrogens is 2. The van der Waals surface area contributed by atoms with Crippen molar-refractivity contribution in [2.24, 2.45) is 0 Å². The van der Waals surface area contributed by atoms with E-state index in [4.69, 9.17) is 0 Å². The molecule has 0 unspecified atom stereocenters. The van der Waals surface area contributed by atoms with E-state index in [0.29, 0.717) is 0 Å². The molecule has 0 aliphatic heterocycles. The smallest absolute Gasteiger partial charge is 0.306 e. The van der Waals surface area contributed by atoms with Crippen LogP contribution in [0.2, 0.25) is 0 Å². The quantitative estimate of drug-likeness (QED) is 0.361. The highest BCUT2D eigenvalue weighted by atomic mass is 31.1. The second kappa shape index (κ2) is 10.6. The van der Waals surface area contributed by atoms with Gasteiger partial charge in [0.25, 0.3) is 0 Å². The number of rotatable bonds is 6. The molecule has 5 heteroatoms. The topological polar surface area (TPSA) is 48.6 Å². The highest BCUT2D eigenvalue weighted by molar-refractivity contribution is 7.80. The first-order valence-electron chi connectivity index (χ1n) is 11.1. The van der Waals surface area contributed by atoms with Crippen molar-refractivity contribution in [1.29, 1.82) is 0 Å². The zero-order chi connectivity index (χ0) is 23.2. The Balaban J connectivity index is 1.70. The molecule has 166 valence electrons. The van der Waals surface area contributed by atoms with E-state index in [1.165, 1.54) is 21.2 Å². The number of H-pyrrole nitrogens is 2. The van der Waals surface area contributed by atoms with Crippen molar-refractivity contribution < 1.29 is 0 Å². The average Bonchev–Trinajstić information content (AvgIpc) is 3.26. The van der Waals surface area contributed by atoms with Gasteiger partial charge in [-0.15, -0.1) is 0 Å². The number of hydrogen-bond acceptors (Lipinski definition) is 1. The average molecular weight is 478 g/mol. The minimum atomic E-state index is -0.791. The second-order valence-corrected chi connectivity index (χ2v) is 11.8. The maximum absolute atomic E-state index is 12.5. The van der Waals surface area contributed by atoms with Gasteiger partial charge in [0, 0.05) is 0 Å². The molecule has 0 radical (unpaired) electrons. The number of aromatic amines is 2. The summed E-state index contributed by atoms with van der Waals surface area (Å²) in [5, 5.41) is 6.64. The lowest BCUT2D eigenvalue weighted by atomic mass is 10.4. The van der Waals surface area contributed by atoms with E-state index in [0.717, 1.165) is 10.7 Å². The molecule has 1 aromatic heterocycles. The molecule has 0 aliphatic rings. The molecule has 0 bridgehead atoms. The van der Waals surface area contributed by atoms with Crippen LogP contribution in [0.1, 0.15) is 0 Å². The zero-order valence-corrected chi connectivity index (χ0v) is 20.3. The summed E-state index contributed by atoms with van der Waals surface area (Å²) in [6.07, 6.45) is 0. The Morgan fingerprint density at radius 2 is 0.706 bits per heavy atom. The molecular weight excluding hydrogens is 454 g/mol. The molecule has 2 N–H and O–H groups in total. The largest absolute Gasteiger partial charge is 0.323 e. The zero-order valence-electron chi connectivity index (χ0n) is 18.5. The van der Waals surface area contributed by atoms with Gasteiger partial charge in [-0.1, -0.05) is 121 Å². The molecule has 0 amide bonds. The Bertz CT molecular complexity index is 1320. The monoisotopic (exact) mass is 478 g/mol. The van der Waals surface area contributed by atoms with Crippen LogP contribution in [0.25, 0.3) is 11.6 Å². The van der Waals surface area contributed by atoms with Gasteiger partial charge in [0.05, 0.1) is 10.7 Å². The molecule has 5 aromatic rings. The highest BCUT2D eigenvalue weighted by Gasteiger charge is 2.13. The van der Waals surface area contributed by atoms with Crippen molar-refractivity contribution >= 4 is 48.7 Å². The van der Waals surface area contributed by atoms with Crippen molar-refractivity contribution in [2.75, 3.05) is 0 Å². The van der Waals surface area contributed by atoms with Crippen molar-refractivity contribution in [2.45, 2.75) is 0 Å². The van der Waals surface area contributed by atoms with Gasteiger partial charge in [0.2, 0.25) is 0 Å². The lowest BCUT2D eigenvalue weighted by Crippen LogP contribution is -2.26. The Morgan fingerprint density at radius 1 is 0.441 bits per heavy atom. The molecule has 4 aromatic carbocycles. The molecule has 0 aliphatic carbocycles. The van der Waals surface area contributed by atoms with E-state index in [-0.39, 0.29) is 5.69 Å². The molecule has 0 saturated carbocycles. The fourth-order valence-electron chi connectivity index (χ4n) is 3.82. The van der Waals surface area contributed by atoms with E-state index >= 15 is 0 Å². The van der Waals surface area contributed by atoms with E-state index in [2.05, 4.69) is 119 Å². The number of nitrogens with one attached hydrogen (secondary N) is 2. The predicted octanol–water partition coefficient (Wildman–Crippen LogP) is 3.44. The summed E-state index contributed by atoms with van der Waals surface area (Å²) in [5.74, 6) is 4.43. The Kier molecular flexibility index (Phi) is 6.96. The van der Waals surface area contributed by atoms with Gasteiger partial charge in [-0.2, -0.15) is 0 Å². The molecule has 0 spiro atoms. The van der Waals surface area contributed by atoms with Crippen LogP contribution in [0.15, 0.2) is 126 Å². The Hall–Kier alpha value is -3.51. The van der Waals surface area contributed by atoms with E-state index in [1.807, 2.05) is 24.3 Å². The predicted molar refractivity (Wildman–Crippen MR) is 148 cm³/mol. The standard InChI is InChI=1S/C29H24N2OP2/c32-29-30-27(21-33(23-13-5-1-6-14-23)24-15-7-2-8-16-24)28(31-29)22-34(25-17-9-3-10-18-25)26-19-11-4-12-20-26/h1-22H,(H2,30,31,32)/b27-21-,28-22-. The van der Waals surface area contributed by atoms with Crippen molar-refractivity contribution in [3.63, 3.8) is 0 Å². The molecule has 1 heterocycles. The van der Waals surface area contributed by atoms with Gasteiger partial charge in [-0.3, -0.25) is 0 Å². The van der Waals surface area contributed by atoms with Gasteiger partial charge in [0.1, 0.15) is 0 Å². The molecule has 5 rings (SSSR count). The molecular formula is C29H24N2OP2. The summed E-state index contributed by atoms with van der Waals surface area (Å²) in [6.45, 7) is 0. The molecule has 0 saturated heterocycles. The second-order valence-electron chi connectivity index (χ2n) is 7.75. The minimum Gasteiger partial charge on any atom is -0.306 e. The Labute approximate surface area is 201 Å². The molecule has 34 heavy (non-hydrogen) atoms. The Morgan fingerprint density at radius 3 is 0.971 bits per heavy atom. The number of benzene rings is 4. The number of imidazole rings is 1. The lowest BCUT2D eigenvalue weighted by Gasteiger charge is -2.15. The summed E-state index contributed by atoms with van der Waals surface area (Å²) in [6, 6.07) is 41.9. The molecule has 0 atom stereocenters. The normalized spacial score (nSPS) is 12.5. The lowest BCUT2D eigenvalue weighted by molar-refractivity contribution is 1.17. The van der Waals surface area contributed by atoms with Crippen LogP contribution in [-0.4, -0.2) is 9.97 Å². The van der Waals surface area contributed by atoms with Crippen molar-refractivity contribution in [1.82, 2.24) is 9.97 Å². The summed E-state index contributed by atoms with van der Waals surface area (Å²) < 4.78 is 0. The van der Waals surface area contributed by atoms with E-state index < -0.39 is 15.8 Å². The SMILES string of the molecule is O=c1[nH]c(=C\P(c2ccccc2)c2ccccc2)/c(=C/P(c2ccccc2)c2ccccc2)[nH]1. The van der Waals surface area contributed by atoms with Crippen LogP contribution in [0, 0.1) is 0 Å². The molecule has 0 fully saturated rings. The van der Waals surface area contributed by atoms with Gasteiger partial charge in [0.15, 0.2) is 0 Å². The third-order valence-electron chi connectivity index (χ3n) is 5.44. The summed E-state index contributed by atoms with van der Waals surface area (Å²) in [7, 11) is -1.58. The molecule has 3 nitrogen and oxygen atoms in total. The van der Waals surface area contributed by atoms with Crippen LogP contribution >= 0.6 is 15.8 Å². The maximum Gasteiger partial charge on any atom is 0.323 e. The van der Waals surface area contributed by atoms with Crippen molar-refractivity contribution in [3.8, 4) is 0 Å². The number of hydrogen-bond donors (Lipinski definition) is 2. The fraction of sp³-hybridized carbons (Fsp3) is 0. The van der Waals surface area contributed by atoms with Gasteiger partial charge in [-0.25, -0.2) is 4.79 Å². The summed E-state index contributed by atoms with van der Waals surface area (Å²) >= 11 is 0. The van der Waals surface area contributed by atoms with Gasteiger partial charge >= 0.3 is 5.69 Å². The highest BCUT2D eigenvalue weighted by Crippen LogP contribution is 2.36. The first-order valence-corrected chi connectivity index (χ1v) is 13.9. The summed E-state index contributed by atoms with van der Waals surface area (Å²) in [4.78, 5) is 18.6. The minimum absolute atomic E-state index is 0.190. The van der Waals surface area contributed by atoms with Crippen LogP contribution in [-0.2, 0) is 0 Å².